The molecule has 2 fully saturated rings. The van der Waals surface area contributed by atoms with Gasteiger partial charge in [-0.2, -0.15) is 13.2 Å². The van der Waals surface area contributed by atoms with Gasteiger partial charge in [-0.15, -0.1) is 5.10 Å². The molecular weight excluding hydrogens is 389 g/mol. The summed E-state index contributed by atoms with van der Waals surface area (Å²) in [6.45, 7) is 4.27. The summed E-state index contributed by atoms with van der Waals surface area (Å²) in [6, 6.07) is 0.501. The van der Waals surface area contributed by atoms with Crippen LogP contribution in [0.1, 0.15) is 18.7 Å². The molecule has 2 N–H and O–H groups in total. The lowest BCUT2D eigenvalue weighted by molar-refractivity contribution is -0.192. The first kappa shape index (κ1) is 21.9. The van der Waals surface area contributed by atoms with E-state index in [9.17, 15) is 18.0 Å². The minimum Gasteiger partial charge on any atom is -0.475 e. The number of ether oxygens (including phenoxy) is 1. The molecule has 3 rings (SSSR count). The van der Waals surface area contributed by atoms with Crippen LogP contribution in [0.3, 0.4) is 0 Å². The lowest BCUT2D eigenvalue weighted by atomic mass is 9.91. The van der Waals surface area contributed by atoms with E-state index in [0.717, 1.165) is 19.4 Å². The molecule has 1 atom stereocenters. The van der Waals surface area contributed by atoms with Gasteiger partial charge >= 0.3 is 18.2 Å². The number of aryl methyl sites for hydroxylation is 1. The number of carboxylic acids is 1. The molecule has 2 aliphatic heterocycles. The van der Waals surface area contributed by atoms with Gasteiger partial charge in [0.25, 0.3) is 0 Å². The van der Waals surface area contributed by atoms with Crippen molar-refractivity contribution in [2.24, 2.45) is 0 Å². The predicted molar refractivity (Wildman–Crippen MR) is 86.5 cm³/mol. The third kappa shape index (κ3) is 5.55. The van der Waals surface area contributed by atoms with Gasteiger partial charge in [0, 0.05) is 20.0 Å². The monoisotopic (exact) mass is 410 g/mol. The number of nitrogens with zero attached hydrogens (tertiary/aromatic N) is 4. The Kier molecular flexibility index (Phi) is 6.82. The predicted octanol–water partition coefficient (Wildman–Crippen LogP) is 0.201. The maximum atomic E-state index is 11.7. The number of amides is 1. The molecule has 0 aromatic carbocycles. The number of hydrogen-bond donors (Lipinski definition) is 2. The molecule has 3 heterocycles. The number of hydrogen-bond acceptors (Lipinski definition) is 8. The maximum absolute atomic E-state index is 11.7. The Hall–Kier alpha value is -2.41. The fourth-order valence-corrected chi connectivity index (χ4v) is 3.08. The highest BCUT2D eigenvalue weighted by molar-refractivity contribution is 5.77. The highest BCUT2D eigenvalue weighted by Crippen LogP contribution is 2.31. The van der Waals surface area contributed by atoms with Gasteiger partial charge in [-0.05, 0) is 12.8 Å². The van der Waals surface area contributed by atoms with Gasteiger partial charge in [0.05, 0.1) is 19.7 Å². The van der Waals surface area contributed by atoms with Crippen molar-refractivity contribution >= 4 is 17.9 Å². The average molecular weight is 410 g/mol. The van der Waals surface area contributed by atoms with Gasteiger partial charge in [0.2, 0.25) is 11.8 Å². The van der Waals surface area contributed by atoms with Crippen LogP contribution in [0.4, 0.5) is 19.2 Å². The van der Waals surface area contributed by atoms with Crippen molar-refractivity contribution in [3.63, 3.8) is 0 Å². The molecule has 13 heteroatoms. The van der Waals surface area contributed by atoms with Crippen LogP contribution in [0, 0.1) is 6.92 Å². The number of halogens is 3. The van der Waals surface area contributed by atoms with E-state index in [1.54, 1.807) is 11.8 Å². The number of morpholine rings is 1. The summed E-state index contributed by atoms with van der Waals surface area (Å²) in [5.74, 6) is -2.47. The largest absolute Gasteiger partial charge is 0.490 e. The Balaban J connectivity index is 0.000000345. The van der Waals surface area contributed by atoms with Crippen molar-refractivity contribution in [3.05, 3.63) is 5.89 Å². The molecule has 0 aliphatic carbocycles. The van der Waals surface area contributed by atoms with Crippen molar-refractivity contribution in [3.8, 4) is 0 Å². The Morgan fingerprint density at radius 1 is 1.25 bits per heavy atom. The molecule has 28 heavy (non-hydrogen) atoms. The minimum absolute atomic E-state index is 0.247. The SMILES string of the molecule is Cc1nnc(N2CCCC3(CN(C(=O)CO)CCO3)C2)o1.O=C(O)C(F)(F)F. The average Bonchev–Trinajstić information content (AvgIpc) is 3.07. The number of carbonyl (C=O) groups excluding carboxylic acids is 1. The van der Waals surface area contributed by atoms with Crippen LogP contribution in [0.2, 0.25) is 0 Å². The van der Waals surface area contributed by atoms with Crippen molar-refractivity contribution in [2.75, 3.05) is 44.3 Å². The normalized spacial score (nSPS) is 22.6. The number of aromatic nitrogens is 2. The van der Waals surface area contributed by atoms with Crippen molar-refractivity contribution in [2.45, 2.75) is 31.5 Å². The molecule has 158 valence electrons. The summed E-state index contributed by atoms with van der Waals surface area (Å²) in [7, 11) is 0. The molecule has 1 unspecified atom stereocenters. The number of carboxylic acid groups (broad SMARTS) is 1. The second-order valence-corrected chi connectivity index (χ2v) is 6.44. The third-order valence-electron chi connectivity index (χ3n) is 4.30. The van der Waals surface area contributed by atoms with Crippen molar-refractivity contribution in [1.82, 2.24) is 15.1 Å². The van der Waals surface area contributed by atoms with E-state index in [0.29, 0.717) is 38.1 Å². The van der Waals surface area contributed by atoms with E-state index in [4.69, 9.17) is 24.2 Å². The van der Waals surface area contributed by atoms with Gasteiger partial charge < -0.3 is 29.2 Å². The zero-order valence-electron chi connectivity index (χ0n) is 15.1. The number of aliphatic carboxylic acids is 1. The number of piperidine rings is 1. The number of aliphatic hydroxyl groups is 1. The fourth-order valence-electron chi connectivity index (χ4n) is 3.08. The highest BCUT2D eigenvalue weighted by atomic mass is 19.4. The van der Waals surface area contributed by atoms with E-state index in [1.807, 2.05) is 4.90 Å². The molecule has 0 saturated carbocycles. The van der Waals surface area contributed by atoms with Crippen molar-refractivity contribution < 1.29 is 42.1 Å². The lowest BCUT2D eigenvalue weighted by Gasteiger charge is -2.47. The smallest absolute Gasteiger partial charge is 0.475 e. The van der Waals surface area contributed by atoms with E-state index in [-0.39, 0.29) is 5.91 Å². The van der Waals surface area contributed by atoms with E-state index in [1.165, 1.54) is 0 Å². The Morgan fingerprint density at radius 2 is 1.93 bits per heavy atom. The summed E-state index contributed by atoms with van der Waals surface area (Å²) in [4.78, 5) is 24.3. The first-order chi connectivity index (χ1) is 13.1. The van der Waals surface area contributed by atoms with Crippen LogP contribution in [0.5, 0.6) is 0 Å². The Bertz CT molecular complexity index is 694. The molecule has 1 aromatic rings. The van der Waals surface area contributed by atoms with Crippen LogP contribution in [0.25, 0.3) is 0 Å². The topological polar surface area (TPSA) is 129 Å². The van der Waals surface area contributed by atoms with Gasteiger partial charge in [-0.25, -0.2) is 4.79 Å². The zero-order valence-corrected chi connectivity index (χ0v) is 15.1. The zero-order chi connectivity index (χ0) is 20.9. The quantitative estimate of drug-likeness (QED) is 0.702. The van der Waals surface area contributed by atoms with Crippen LogP contribution in [0.15, 0.2) is 4.42 Å². The Morgan fingerprint density at radius 3 is 2.46 bits per heavy atom. The molecule has 1 spiro atoms. The number of rotatable bonds is 2. The molecular formula is C15H21F3N4O6. The number of aliphatic hydroxyl groups excluding tert-OH is 1. The third-order valence-corrected chi connectivity index (χ3v) is 4.30. The van der Waals surface area contributed by atoms with E-state index >= 15 is 0 Å². The Labute approximate surface area is 157 Å². The van der Waals surface area contributed by atoms with Crippen LogP contribution < -0.4 is 4.90 Å². The number of anilines is 1. The summed E-state index contributed by atoms with van der Waals surface area (Å²) in [5.41, 5.74) is -0.413. The summed E-state index contributed by atoms with van der Waals surface area (Å²) >= 11 is 0. The molecule has 10 nitrogen and oxygen atoms in total. The molecule has 1 aromatic heterocycles. The summed E-state index contributed by atoms with van der Waals surface area (Å²) in [5, 5.41) is 24.1. The first-order valence-electron chi connectivity index (χ1n) is 8.44. The van der Waals surface area contributed by atoms with Gasteiger partial charge in [0.1, 0.15) is 12.2 Å². The fraction of sp³-hybridized carbons (Fsp3) is 0.733. The van der Waals surface area contributed by atoms with Crippen LogP contribution in [-0.2, 0) is 14.3 Å². The summed E-state index contributed by atoms with van der Waals surface area (Å²) < 4.78 is 43.2. The molecule has 2 saturated heterocycles. The molecule has 0 radical (unpaired) electrons. The van der Waals surface area contributed by atoms with Crippen LogP contribution >= 0.6 is 0 Å². The maximum Gasteiger partial charge on any atom is 0.490 e. The second-order valence-electron chi connectivity index (χ2n) is 6.44. The van der Waals surface area contributed by atoms with E-state index in [2.05, 4.69) is 10.2 Å². The minimum atomic E-state index is -5.08. The van der Waals surface area contributed by atoms with Gasteiger partial charge in [0.15, 0.2) is 0 Å². The molecule has 2 aliphatic rings. The van der Waals surface area contributed by atoms with E-state index < -0.39 is 24.4 Å². The van der Waals surface area contributed by atoms with Gasteiger partial charge in [-0.3, -0.25) is 4.79 Å². The van der Waals surface area contributed by atoms with Gasteiger partial charge in [-0.1, -0.05) is 5.10 Å². The summed E-state index contributed by atoms with van der Waals surface area (Å²) in [6.07, 6.45) is -3.27. The second kappa shape index (κ2) is 8.73. The molecule has 1 amide bonds. The molecule has 0 bridgehead atoms. The lowest BCUT2D eigenvalue weighted by Crippen LogP contribution is -2.61. The van der Waals surface area contributed by atoms with Crippen molar-refractivity contribution in [1.29, 1.82) is 0 Å². The van der Waals surface area contributed by atoms with Crippen LogP contribution in [-0.4, -0.2) is 88.4 Å². The first-order valence-corrected chi connectivity index (χ1v) is 8.44. The number of alkyl halides is 3. The highest BCUT2D eigenvalue weighted by Gasteiger charge is 2.42. The standard InChI is InChI=1S/C13H20N4O4.C2HF3O2/c1-10-14-15-12(21-10)17-4-2-3-13(9-17)8-16(5-6-20-13)11(19)7-18;3-2(4,5)1(6)7/h18H,2-9H2,1H3;(H,6,7). The number of carbonyl (C=O) groups is 2.